The monoisotopic (exact) mass is 357 g/mol. The predicted molar refractivity (Wildman–Crippen MR) is 102 cm³/mol. The van der Waals surface area contributed by atoms with E-state index in [0.29, 0.717) is 5.75 Å². The third-order valence-corrected chi connectivity index (χ3v) is 4.13. The van der Waals surface area contributed by atoms with Crippen molar-refractivity contribution < 1.29 is 9.66 Å². The Labute approximate surface area is 155 Å². The van der Waals surface area contributed by atoms with Crippen LogP contribution in [0.5, 0.6) is 5.75 Å². The average molecular weight is 357 g/mol. The molecule has 6 nitrogen and oxygen atoms in total. The van der Waals surface area contributed by atoms with Crippen LogP contribution in [0.25, 0.3) is 22.3 Å². The van der Waals surface area contributed by atoms with Crippen LogP contribution in [0.3, 0.4) is 0 Å². The van der Waals surface area contributed by atoms with Crippen LogP contribution in [0.2, 0.25) is 0 Å². The predicted octanol–water partition coefficient (Wildman–Crippen LogP) is 4.78. The van der Waals surface area contributed by atoms with Crippen molar-refractivity contribution in [2.45, 2.75) is 6.61 Å². The van der Waals surface area contributed by atoms with Crippen LogP contribution in [0.1, 0.15) is 5.56 Å². The van der Waals surface area contributed by atoms with Crippen LogP contribution in [-0.2, 0) is 6.61 Å². The normalized spacial score (nSPS) is 10.7. The summed E-state index contributed by atoms with van der Waals surface area (Å²) in [6.07, 6.45) is 1.75. The molecule has 27 heavy (non-hydrogen) atoms. The van der Waals surface area contributed by atoms with Gasteiger partial charge in [-0.15, -0.1) is 0 Å². The summed E-state index contributed by atoms with van der Waals surface area (Å²) in [6.45, 7) is 0.261. The number of para-hydroxylation sites is 2. The van der Waals surface area contributed by atoms with Gasteiger partial charge in [0.05, 0.1) is 27.8 Å². The summed E-state index contributed by atoms with van der Waals surface area (Å²) in [5.41, 5.74) is 4.24. The third kappa shape index (κ3) is 3.74. The van der Waals surface area contributed by atoms with E-state index >= 15 is 0 Å². The van der Waals surface area contributed by atoms with Gasteiger partial charge < -0.3 is 4.74 Å². The highest BCUT2D eigenvalue weighted by Crippen LogP contribution is 2.23. The molecule has 3 aromatic carbocycles. The molecular weight excluding hydrogens is 342 g/mol. The minimum atomic E-state index is -0.414. The van der Waals surface area contributed by atoms with E-state index in [9.17, 15) is 10.1 Å². The van der Waals surface area contributed by atoms with E-state index in [1.54, 1.807) is 18.3 Å². The number of aromatic nitrogens is 2. The summed E-state index contributed by atoms with van der Waals surface area (Å²) in [6, 6.07) is 21.7. The fourth-order valence-corrected chi connectivity index (χ4v) is 2.74. The van der Waals surface area contributed by atoms with Gasteiger partial charge in [-0.2, -0.15) is 0 Å². The van der Waals surface area contributed by atoms with Gasteiger partial charge in [0.15, 0.2) is 0 Å². The Hall–Kier alpha value is -3.80. The molecule has 0 saturated heterocycles. The van der Waals surface area contributed by atoms with Gasteiger partial charge in [0, 0.05) is 17.7 Å². The molecule has 0 atom stereocenters. The van der Waals surface area contributed by atoms with Crippen LogP contribution in [0, 0.1) is 10.1 Å². The molecule has 0 bridgehead atoms. The van der Waals surface area contributed by atoms with Crippen molar-refractivity contribution in [2.24, 2.45) is 0 Å². The third-order valence-electron chi connectivity index (χ3n) is 4.13. The van der Waals surface area contributed by atoms with Crippen molar-refractivity contribution >= 4 is 16.7 Å². The molecule has 0 unspecified atom stereocenters. The smallest absolute Gasteiger partial charge is 0.269 e. The second-order valence-electron chi connectivity index (χ2n) is 5.98. The van der Waals surface area contributed by atoms with Crippen LogP contribution in [-0.4, -0.2) is 14.9 Å². The van der Waals surface area contributed by atoms with Gasteiger partial charge in [0.25, 0.3) is 5.69 Å². The lowest BCUT2D eigenvalue weighted by atomic mass is 10.1. The maximum Gasteiger partial charge on any atom is 0.269 e. The second-order valence-corrected chi connectivity index (χ2v) is 5.98. The zero-order valence-electron chi connectivity index (χ0n) is 14.3. The summed E-state index contributed by atoms with van der Waals surface area (Å²) in [5, 5.41) is 10.8. The lowest BCUT2D eigenvalue weighted by Gasteiger charge is -2.08. The number of rotatable bonds is 5. The Kier molecular flexibility index (Phi) is 4.45. The Morgan fingerprint density at radius 1 is 0.926 bits per heavy atom. The number of nitro benzene ring substituents is 1. The van der Waals surface area contributed by atoms with Gasteiger partial charge in [-0.05, 0) is 42.0 Å². The molecular formula is C21H15N3O3. The first kappa shape index (κ1) is 16.7. The van der Waals surface area contributed by atoms with Gasteiger partial charge in [0.1, 0.15) is 12.4 Å². The summed E-state index contributed by atoms with van der Waals surface area (Å²) in [4.78, 5) is 19.5. The highest BCUT2D eigenvalue weighted by molar-refractivity contribution is 5.76. The minimum absolute atomic E-state index is 0.0568. The van der Waals surface area contributed by atoms with Gasteiger partial charge >= 0.3 is 0 Å². The van der Waals surface area contributed by atoms with Crippen LogP contribution >= 0.6 is 0 Å². The van der Waals surface area contributed by atoms with E-state index < -0.39 is 4.92 Å². The molecule has 0 aliphatic heterocycles. The van der Waals surface area contributed by atoms with E-state index in [2.05, 4.69) is 9.97 Å². The molecule has 4 rings (SSSR count). The lowest BCUT2D eigenvalue weighted by Crippen LogP contribution is -1.97. The number of fused-ring (bicyclic) bond motifs is 1. The maximum absolute atomic E-state index is 10.8. The largest absolute Gasteiger partial charge is 0.489 e. The Balaban J connectivity index is 1.48. The van der Waals surface area contributed by atoms with Crippen molar-refractivity contribution in [2.75, 3.05) is 0 Å². The van der Waals surface area contributed by atoms with Crippen LogP contribution < -0.4 is 4.74 Å². The first-order valence-electron chi connectivity index (χ1n) is 8.37. The van der Waals surface area contributed by atoms with Crippen molar-refractivity contribution in [3.8, 4) is 17.0 Å². The first-order valence-corrected chi connectivity index (χ1v) is 8.37. The van der Waals surface area contributed by atoms with Crippen LogP contribution in [0.15, 0.2) is 79.0 Å². The molecule has 0 radical (unpaired) electrons. The van der Waals surface area contributed by atoms with E-state index in [4.69, 9.17) is 4.74 Å². The molecule has 6 heteroatoms. The Morgan fingerprint density at radius 3 is 2.48 bits per heavy atom. The highest BCUT2D eigenvalue weighted by Gasteiger charge is 2.07. The van der Waals surface area contributed by atoms with E-state index in [-0.39, 0.29) is 12.3 Å². The second kappa shape index (κ2) is 7.21. The molecule has 4 aromatic rings. The number of ether oxygens (including phenoxy) is 1. The lowest BCUT2D eigenvalue weighted by molar-refractivity contribution is -0.384. The molecule has 0 N–H and O–H groups in total. The quantitative estimate of drug-likeness (QED) is 0.379. The molecule has 0 fully saturated rings. The zero-order valence-corrected chi connectivity index (χ0v) is 14.3. The molecule has 132 valence electrons. The summed E-state index contributed by atoms with van der Waals surface area (Å²) >= 11 is 0. The Morgan fingerprint density at radius 2 is 1.70 bits per heavy atom. The Bertz CT molecular complexity index is 1110. The molecule has 0 amide bonds. The first-order chi connectivity index (χ1) is 13.2. The van der Waals surface area contributed by atoms with Gasteiger partial charge in [0.2, 0.25) is 0 Å². The topological polar surface area (TPSA) is 78.2 Å². The number of nitro groups is 1. The molecule has 0 aliphatic carbocycles. The van der Waals surface area contributed by atoms with Crippen molar-refractivity contribution in [1.29, 1.82) is 0 Å². The minimum Gasteiger partial charge on any atom is -0.489 e. The summed E-state index contributed by atoms with van der Waals surface area (Å²) in [5.74, 6) is 0.680. The number of benzene rings is 3. The molecule has 1 aromatic heterocycles. The van der Waals surface area contributed by atoms with Gasteiger partial charge in [-0.3, -0.25) is 15.1 Å². The number of nitrogens with zero attached hydrogens (tertiary/aromatic N) is 3. The van der Waals surface area contributed by atoms with Gasteiger partial charge in [-0.1, -0.05) is 24.3 Å². The summed E-state index contributed by atoms with van der Waals surface area (Å²) < 4.78 is 5.73. The summed E-state index contributed by atoms with van der Waals surface area (Å²) in [7, 11) is 0. The number of non-ortho nitro benzene ring substituents is 1. The van der Waals surface area contributed by atoms with E-state index in [1.165, 1.54) is 12.1 Å². The van der Waals surface area contributed by atoms with Crippen molar-refractivity contribution in [3.63, 3.8) is 0 Å². The zero-order chi connectivity index (χ0) is 18.6. The van der Waals surface area contributed by atoms with Crippen LogP contribution in [0.4, 0.5) is 5.69 Å². The molecule has 0 aliphatic rings. The molecule has 0 spiro atoms. The van der Waals surface area contributed by atoms with Crippen molar-refractivity contribution in [3.05, 3.63) is 94.7 Å². The number of hydrogen-bond donors (Lipinski definition) is 0. The average Bonchev–Trinajstić information content (AvgIpc) is 2.72. The van der Waals surface area contributed by atoms with E-state index in [1.807, 2.05) is 48.5 Å². The SMILES string of the molecule is O=[N+]([O-])c1cccc(COc2ccc(-c3cnc4ccccc4n3)cc2)c1. The number of hydrogen-bond acceptors (Lipinski definition) is 5. The highest BCUT2D eigenvalue weighted by atomic mass is 16.6. The van der Waals surface area contributed by atoms with E-state index in [0.717, 1.165) is 27.9 Å². The fourth-order valence-electron chi connectivity index (χ4n) is 2.74. The fraction of sp³-hybridized carbons (Fsp3) is 0.0476. The molecule has 0 saturated carbocycles. The molecule has 1 heterocycles. The maximum atomic E-state index is 10.8. The standard InChI is InChI=1S/C21H15N3O3/c25-24(26)17-5-3-4-15(12-17)14-27-18-10-8-16(9-11-18)21-13-22-19-6-1-2-7-20(19)23-21/h1-13H,14H2. The van der Waals surface area contributed by atoms with Crippen molar-refractivity contribution in [1.82, 2.24) is 9.97 Å². The van der Waals surface area contributed by atoms with Gasteiger partial charge in [-0.25, -0.2) is 4.98 Å².